The molecule has 1 amide bonds. The van der Waals surface area contributed by atoms with Crippen molar-refractivity contribution in [1.29, 1.82) is 0 Å². The lowest BCUT2D eigenvalue weighted by atomic mass is 9.73. The highest BCUT2D eigenvalue weighted by Gasteiger charge is 2.57. The summed E-state index contributed by atoms with van der Waals surface area (Å²) in [5, 5.41) is 2.62. The van der Waals surface area contributed by atoms with Gasteiger partial charge in [0.2, 0.25) is 5.91 Å². The van der Waals surface area contributed by atoms with Crippen molar-refractivity contribution in [2.24, 2.45) is 5.41 Å². The van der Waals surface area contributed by atoms with Gasteiger partial charge in [0.05, 0.1) is 16.6 Å². The van der Waals surface area contributed by atoms with E-state index in [2.05, 4.69) is 5.32 Å². The zero-order chi connectivity index (χ0) is 20.5. The topological polar surface area (TPSA) is 85.2 Å². The van der Waals surface area contributed by atoms with Crippen LogP contribution in [0.4, 0.5) is 0 Å². The number of fused-ring (bicyclic) bond motifs is 2. The van der Waals surface area contributed by atoms with Gasteiger partial charge in [0.25, 0.3) is 0 Å². The highest BCUT2D eigenvalue weighted by atomic mass is 16.2. The van der Waals surface area contributed by atoms with E-state index in [1.165, 1.54) is 6.92 Å². The molecule has 6 heteroatoms. The Labute approximate surface area is 159 Å². The normalized spacial score (nSPS) is 24.0. The summed E-state index contributed by atoms with van der Waals surface area (Å²) in [5.41, 5.74) is -0.995. The van der Waals surface area contributed by atoms with Crippen molar-refractivity contribution in [3.63, 3.8) is 0 Å². The highest BCUT2D eigenvalue weighted by Crippen LogP contribution is 2.50. The van der Waals surface area contributed by atoms with E-state index < -0.39 is 16.5 Å². The average Bonchev–Trinajstić information content (AvgIpc) is 3.03. The van der Waals surface area contributed by atoms with Crippen LogP contribution in [0.25, 0.3) is 5.57 Å². The van der Waals surface area contributed by atoms with E-state index in [0.29, 0.717) is 16.8 Å². The van der Waals surface area contributed by atoms with Gasteiger partial charge in [-0.15, -0.1) is 0 Å². The minimum absolute atomic E-state index is 0.0650. The van der Waals surface area contributed by atoms with Crippen molar-refractivity contribution < 1.29 is 19.2 Å². The van der Waals surface area contributed by atoms with Gasteiger partial charge >= 0.3 is 0 Å². The summed E-state index contributed by atoms with van der Waals surface area (Å²) in [7, 11) is 0. The molecule has 0 saturated carbocycles. The molecule has 1 aromatic heterocycles. The second-order valence-corrected chi connectivity index (χ2v) is 8.99. The van der Waals surface area contributed by atoms with Gasteiger partial charge in [-0.05, 0) is 59.6 Å². The minimum atomic E-state index is -1.38. The number of ketones is 3. The molecule has 1 aromatic rings. The van der Waals surface area contributed by atoms with Crippen molar-refractivity contribution in [3.05, 3.63) is 29.1 Å². The number of aryl methyl sites for hydroxylation is 1. The van der Waals surface area contributed by atoms with Gasteiger partial charge in [-0.1, -0.05) is 0 Å². The number of nitrogens with zero attached hydrogens (tertiary/aromatic N) is 1. The largest absolute Gasteiger partial charge is 0.344 e. The van der Waals surface area contributed by atoms with Gasteiger partial charge in [-0.3, -0.25) is 19.2 Å². The van der Waals surface area contributed by atoms with Crippen molar-refractivity contribution >= 4 is 28.8 Å². The fourth-order valence-electron chi connectivity index (χ4n) is 4.50. The smallest absolute Gasteiger partial charge is 0.217 e. The first kappa shape index (κ1) is 19.3. The van der Waals surface area contributed by atoms with E-state index in [0.717, 1.165) is 5.56 Å². The molecule has 0 saturated heterocycles. The molecule has 0 spiro atoms. The maximum absolute atomic E-state index is 13.4. The number of nitrogens with one attached hydrogen (secondary N) is 1. The van der Waals surface area contributed by atoms with Crippen molar-refractivity contribution in [1.82, 2.24) is 9.88 Å². The van der Waals surface area contributed by atoms with Gasteiger partial charge in [0.1, 0.15) is 5.54 Å². The molecule has 2 heterocycles. The highest BCUT2D eigenvalue weighted by molar-refractivity contribution is 6.38. The second-order valence-electron chi connectivity index (χ2n) is 8.99. The van der Waals surface area contributed by atoms with Crippen molar-refractivity contribution in [2.75, 3.05) is 0 Å². The zero-order valence-corrected chi connectivity index (χ0v) is 16.9. The summed E-state index contributed by atoms with van der Waals surface area (Å²) in [5.74, 6) is -1.21. The molecule has 3 rings (SSSR count). The Morgan fingerprint density at radius 3 is 2.30 bits per heavy atom. The molecule has 6 nitrogen and oxygen atoms in total. The number of carbonyl (C=O) groups excluding carboxylic acids is 4. The summed E-state index contributed by atoms with van der Waals surface area (Å²) >= 11 is 0. The molecule has 1 N–H and O–H groups in total. The molecule has 0 bridgehead atoms. The fraction of sp³-hybridized carbons (Fsp3) is 0.524. The third-order valence-electron chi connectivity index (χ3n) is 5.76. The van der Waals surface area contributed by atoms with Crippen LogP contribution in [-0.4, -0.2) is 33.4 Å². The van der Waals surface area contributed by atoms with Gasteiger partial charge < -0.3 is 9.88 Å². The Bertz CT molecular complexity index is 945. The van der Waals surface area contributed by atoms with Crippen LogP contribution in [0.15, 0.2) is 17.8 Å². The summed E-state index contributed by atoms with van der Waals surface area (Å²) in [6.45, 7) is 11.7. The number of hydrogen-bond acceptors (Lipinski definition) is 4. The number of allylic oxidation sites excluding steroid dienone is 2. The van der Waals surface area contributed by atoms with Crippen LogP contribution in [0, 0.1) is 12.3 Å². The quantitative estimate of drug-likeness (QED) is 0.828. The third kappa shape index (κ3) is 2.53. The molecular weight excluding hydrogens is 344 g/mol. The second kappa shape index (κ2) is 5.50. The molecule has 1 atom stereocenters. The summed E-state index contributed by atoms with van der Waals surface area (Å²) in [6.07, 6.45) is 1.93. The number of rotatable bonds is 3. The van der Waals surface area contributed by atoms with E-state index in [-0.39, 0.29) is 29.7 Å². The predicted octanol–water partition coefficient (Wildman–Crippen LogP) is 2.33. The summed E-state index contributed by atoms with van der Waals surface area (Å²) in [6, 6.07) is 1.89. The summed E-state index contributed by atoms with van der Waals surface area (Å²) in [4.78, 5) is 51.4. The van der Waals surface area contributed by atoms with Gasteiger partial charge in [-0.25, -0.2) is 0 Å². The minimum Gasteiger partial charge on any atom is -0.344 e. The molecule has 1 aliphatic heterocycles. The molecule has 0 aromatic carbocycles. The predicted molar refractivity (Wildman–Crippen MR) is 101 cm³/mol. The lowest BCUT2D eigenvalue weighted by molar-refractivity contribution is -0.142. The average molecular weight is 370 g/mol. The molecule has 1 aliphatic carbocycles. The van der Waals surface area contributed by atoms with E-state index in [1.807, 2.05) is 37.6 Å². The molecule has 1 unspecified atom stereocenters. The first-order valence-electron chi connectivity index (χ1n) is 9.10. The van der Waals surface area contributed by atoms with E-state index in [9.17, 15) is 19.2 Å². The van der Waals surface area contributed by atoms with Crippen LogP contribution in [0.3, 0.4) is 0 Å². The Balaban J connectivity index is 2.12. The van der Waals surface area contributed by atoms with Crippen LogP contribution in [-0.2, 0) is 24.7 Å². The van der Waals surface area contributed by atoms with Crippen LogP contribution >= 0.6 is 0 Å². The monoisotopic (exact) mass is 370 g/mol. The molecule has 0 radical (unpaired) electrons. The molecular formula is C21H26N2O4. The number of carbonyl (C=O) groups is 4. The number of Topliss-reactive ketones (excluding diaryl/α,β-unsaturated/α-hetero) is 3. The van der Waals surface area contributed by atoms with Crippen LogP contribution in [0.2, 0.25) is 0 Å². The van der Waals surface area contributed by atoms with Crippen molar-refractivity contribution in [3.8, 4) is 0 Å². The van der Waals surface area contributed by atoms with Crippen LogP contribution in [0.1, 0.15) is 59.2 Å². The van der Waals surface area contributed by atoms with E-state index in [1.54, 1.807) is 20.8 Å². The number of amides is 1. The fourth-order valence-corrected chi connectivity index (χ4v) is 4.50. The van der Waals surface area contributed by atoms with Crippen LogP contribution < -0.4 is 5.32 Å². The first-order valence-corrected chi connectivity index (χ1v) is 9.10. The Kier molecular flexibility index (Phi) is 3.93. The third-order valence-corrected chi connectivity index (χ3v) is 5.76. The lowest BCUT2D eigenvalue weighted by Crippen LogP contribution is -2.55. The lowest BCUT2D eigenvalue weighted by Gasteiger charge is -2.33. The Morgan fingerprint density at radius 1 is 1.15 bits per heavy atom. The van der Waals surface area contributed by atoms with Crippen molar-refractivity contribution in [2.45, 2.75) is 66.0 Å². The van der Waals surface area contributed by atoms with E-state index >= 15 is 0 Å². The van der Waals surface area contributed by atoms with E-state index in [4.69, 9.17) is 0 Å². The molecule has 2 aliphatic rings. The van der Waals surface area contributed by atoms with Gasteiger partial charge in [0.15, 0.2) is 17.3 Å². The number of aromatic nitrogens is 1. The molecule has 144 valence electrons. The maximum atomic E-state index is 13.4. The SMILES string of the molecule is CC(=O)NC(C)(C)C(=O)C1(C)CC2=C(C1=O)c1cc(C)cn1C(C)(C)C2=O. The molecule has 0 fully saturated rings. The first-order chi connectivity index (χ1) is 12.2. The van der Waals surface area contributed by atoms with Gasteiger partial charge in [0, 0.05) is 24.3 Å². The summed E-state index contributed by atoms with van der Waals surface area (Å²) < 4.78 is 1.83. The standard InChI is InChI=1S/C21H26N2O4/c1-11-8-14-15-13(16(25)20(5,6)23(14)10-11)9-21(7,17(15)26)18(27)19(3,4)22-12(2)24/h8,10H,9H2,1-7H3,(H,22,24). The maximum Gasteiger partial charge on any atom is 0.217 e. The Morgan fingerprint density at radius 2 is 1.74 bits per heavy atom. The van der Waals surface area contributed by atoms with Crippen LogP contribution in [0.5, 0.6) is 0 Å². The van der Waals surface area contributed by atoms with Gasteiger partial charge in [-0.2, -0.15) is 0 Å². The Hall–Kier alpha value is -2.50. The number of hydrogen-bond donors (Lipinski definition) is 1. The molecule has 27 heavy (non-hydrogen) atoms. The zero-order valence-electron chi connectivity index (χ0n) is 16.9.